The Hall–Kier alpha value is -0.910. The van der Waals surface area contributed by atoms with Gasteiger partial charge < -0.3 is 15.3 Å². The van der Waals surface area contributed by atoms with E-state index in [1.165, 1.54) is 0 Å². The quantitative estimate of drug-likeness (QED) is 0.797. The molecule has 102 valence electrons. The fraction of sp³-hybridized carbons (Fsp3) is 0.833. The fourth-order valence-corrected chi connectivity index (χ4v) is 3.48. The lowest BCUT2D eigenvalue weighted by molar-refractivity contribution is -0.143. The van der Waals surface area contributed by atoms with E-state index in [1.54, 1.807) is 0 Å². The molecule has 6 heteroatoms. The van der Waals surface area contributed by atoms with E-state index >= 15 is 0 Å². The molecule has 5 nitrogen and oxygen atoms in total. The molecule has 1 saturated carbocycles. The van der Waals surface area contributed by atoms with E-state index in [0.29, 0.717) is 6.42 Å². The first-order valence-corrected chi connectivity index (χ1v) is 7.68. The maximum atomic E-state index is 12.0. The molecule has 0 aromatic rings. The van der Waals surface area contributed by atoms with Crippen LogP contribution in [0.25, 0.3) is 0 Å². The van der Waals surface area contributed by atoms with Crippen LogP contribution in [-0.4, -0.2) is 52.6 Å². The Morgan fingerprint density at radius 2 is 1.94 bits per heavy atom. The van der Waals surface area contributed by atoms with Crippen LogP contribution >= 0.6 is 11.8 Å². The number of carboxylic acid groups (broad SMARTS) is 1. The highest BCUT2D eigenvalue weighted by atomic mass is 32.2. The predicted octanol–water partition coefficient (Wildman–Crippen LogP) is 1.39. The van der Waals surface area contributed by atoms with Crippen molar-refractivity contribution < 1.29 is 14.7 Å². The molecule has 2 N–H and O–H groups in total. The zero-order valence-electron chi connectivity index (χ0n) is 10.4. The number of nitrogens with zero attached hydrogens (tertiary/aromatic N) is 1. The number of rotatable bonds is 2. The number of urea groups is 1. The summed E-state index contributed by atoms with van der Waals surface area (Å²) in [5.74, 6) is 0.968. The van der Waals surface area contributed by atoms with Gasteiger partial charge in [-0.1, -0.05) is 6.42 Å². The lowest BCUT2D eigenvalue weighted by Gasteiger charge is -2.32. The third-order valence-electron chi connectivity index (χ3n) is 3.65. The third-order valence-corrected chi connectivity index (χ3v) is 4.59. The fourth-order valence-electron chi connectivity index (χ4n) is 2.58. The van der Waals surface area contributed by atoms with E-state index in [9.17, 15) is 9.59 Å². The van der Waals surface area contributed by atoms with Gasteiger partial charge in [0.1, 0.15) is 0 Å². The van der Waals surface area contributed by atoms with Crippen LogP contribution in [0.5, 0.6) is 0 Å². The lowest BCUT2D eigenvalue weighted by Crippen LogP contribution is -2.49. The molecular formula is C12H20N2O3S. The Morgan fingerprint density at radius 3 is 2.61 bits per heavy atom. The van der Waals surface area contributed by atoms with E-state index in [0.717, 1.165) is 43.9 Å². The Bertz CT molecular complexity index is 318. The molecule has 0 bridgehead atoms. The molecule has 2 rings (SSSR count). The predicted molar refractivity (Wildman–Crippen MR) is 70.8 cm³/mol. The van der Waals surface area contributed by atoms with E-state index in [-0.39, 0.29) is 18.0 Å². The largest absolute Gasteiger partial charge is 0.481 e. The van der Waals surface area contributed by atoms with Gasteiger partial charge in [0.2, 0.25) is 0 Å². The van der Waals surface area contributed by atoms with Crippen molar-refractivity contribution in [3.63, 3.8) is 0 Å². The van der Waals surface area contributed by atoms with Crippen LogP contribution in [0.4, 0.5) is 4.79 Å². The number of carbonyl (C=O) groups excluding carboxylic acids is 1. The molecule has 0 aromatic heterocycles. The van der Waals surface area contributed by atoms with Gasteiger partial charge in [0.05, 0.1) is 5.92 Å². The minimum absolute atomic E-state index is 0.0219. The Morgan fingerprint density at radius 1 is 1.22 bits per heavy atom. The standard InChI is InChI=1S/C12H20N2O3S/c15-11(16)9-2-1-3-10(8-9)13-12(17)14-4-6-18-7-5-14/h9-10H,1-8H2,(H,13,17)(H,15,16). The Balaban J connectivity index is 1.81. The average molecular weight is 272 g/mol. The molecule has 1 aliphatic carbocycles. The summed E-state index contributed by atoms with van der Waals surface area (Å²) in [6, 6.07) is 0.00766. The van der Waals surface area contributed by atoms with Crippen molar-refractivity contribution in [1.82, 2.24) is 10.2 Å². The minimum atomic E-state index is -0.733. The van der Waals surface area contributed by atoms with E-state index < -0.39 is 5.97 Å². The molecule has 2 amide bonds. The highest BCUT2D eigenvalue weighted by Gasteiger charge is 2.29. The molecule has 18 heavy (non-hydrogen) atoms. The van der Waals surface area contributed by atoms with Gasteiger partial charge in [-0.25, -0.2) is 4.79 Å². The van der Waals surface area contributed by atoms with Gasteiger partial charge in [0.25, 0.3) is 0 Å². The molecule has 2 fully saturated rings. The average Bonchev–Trinajstić information content (AvgIpc) is 2.40. The molecule has 0 spiro atoms. The maximum Gasteiger partial charge on any atom is 0.317 e. The first-order valence-electron chi connectivity index (χ1n) is 6.53. The second kappa shape index (κ2) is 6.31. The number of hydrogen-bond donors (Lipinski definition) is 2. The van der Waals surface area contributed by atoms with Crippen molar-refractivity contribution in [2.45, 2.75) is 31.7 Å². The topological polar surface area (TPSA) is 69.6 Å². The summed E-state index contributed by atoms with van der Waals surface area (Å²) in [5, 5.41) is 12.0. The summed E-state index contributed by atoms with van der Waals surface area (Å²) in [6.45, 7) is 1.59. The summed E-state index contributed by atoms with van der Waals surface area (Å²) in [4.78, 5) is 24.8. The van der Waals surface area contributed by atoms with Crippen molar-refractivity contribution in [2.24, 2.45) is 5.92 Å². The van der Waals surface area contributed by atoms with Crippen LogP contribution in [-0.2, 0) is 4.79 Å². The summed E-state index contributed by atoms with van der Waals surface area (Å²) < 4.78 is 0. The SMILES string of the molecule is O=C(O)C1CCCC(NC(=O)N2CCSCC2)C1. The van der Waals surface area contributed by atoms with Crippen molar-refractivity contribution in [1.29, 1.82) is 0 Å². The van der Waals surface area contributed by atoms with Gasteiger partial charge in [-0.2, -0.15) is 11.8 Å². The number of hydrogen-bond acceptors (Lipinski definition) is 3. The molecule has 2 aliphatic rings. The number of carbonyl (C=O) groups is 2. The number of thioether (sulfide) groups is 1. The maximum absolute atomic E-state index is 12.0. The highest BCUT2D eigenvalue weighted by Crippen LogP contribution is 2.24. The molecule has 1 heterocycles. The van der Waals surface area contributed by atoms with Gasteiger partial charge in [-0.15, -0.1) is 0 Å². The van der Waals surface area contributed by atoms with Crippen molar-refractivity contribution in [3.8, 4) is 0 Å². The van der Waals surface area contributed by atoms with Crippen molar-refractivity contribution >= 4 is 23.8 Å². The van der Waals surface area contributed by atoms with Crippen molar-refractivity contribution in [3.05, 3.63) is 0 Å². The summed E-state index contributed by atoms with van der Waals surface area (Å²) in [6.07, 6.45) is 3.10. The smallest absolute Gasteiger partial charge is 0.317 e. The van der Waals surface area contributed by atoms with Gasteiger partial charge in [0.15, 0.2) is 0 Å². The second-order valence-electron chi connectivity index (χ2n) is 4.95. The zero-order chi connectivity index (χ0) is 13.0. The van der Waals surface area contributed by atoms with Crippen LogP contribution in [0, 0.1) is 5.92 Å². The van der Waals surface area contributed by atoms with Crippen molar-refractivity contribution in [2.75, 3.05) is 24.6 Å². The minimum Gasteiger partial charge on any atom is -0.481 e. The molecule has 2 atom stereocenters. The molecule has 1 saturated heterocycles. The second-order valence-corrected chi connectivity index (χ2v) is 6.17. The highest BCUT2D eigenvalue weighted by molar-refractivity contribution is 7.99. The lowest BCUT2D eigenvalue weighted by atomic mass is 9.86. The molecular weight excluding hydrogens is 252 g/mol. The van der Waals surface area contributed by atoms with E-state index in [1.807, 2.05) is 16.7 Å². The number of nitrogens with one attached hydrogen (secondary N) is 1. The van der Waals surface area contributed by atoms with Gasteiger partial charge in [0, 0.05) is 30.6 Å². The van der Waals surface area contributed by atoms with Crippen LogP contribution in [0.1, 0.15) is 25.7 Å². The molecule has 1 aliphatic heterocycles. The summed E-state index contributed by atoms with van der Waals surface area (Å²) in [5.41, 5.74) is 0. The Labute approximate surface area is 111 Å². The monoisotopic (exact) mass is 272 g/mol. The van der Waals surface area contributed by atoms with Crippen LogP contribution in [0.2, 0.25) is 0 Å². The van der Waals surface area contributed by atoms with Crippen LogP contribution < -0.4 is 5.32 Å². The van der Waals surface area contributed by atoms with Crippen LogP contribution in [0.3, 0.4) is 0 Å². The van der Waals surface area contributed by atoms with Gasteiger partial charge in [-0.3, -0.25) is 4.79 Å². The van der Waals surface area contributed by atoms with E-state index in [4.69, 9.17) is 5.11 Å². The van der Waals surface area contributed by atoms with Gasteiger partial charge >= 0.3 is 12.0 Å². The van der Waals surface area contributed by atoms with Crippen LogP contribution in [0.15, 0.2) is 0 Å². The number of aliphatic carboxylic acids is 1. The summed E-state index contributed by atoms with van der Waals surface area (Å²) in [7, 11) is 0. The molecule has 0 aromatic carbocycles. The zero-order valence-corrected chi connectivity index (χ0v) is 11.2. The molecule has 0 radical (unpaired) electrons. The Kier molecular flexibility index (Phi) is 4.74. The van der Waals surface area contributed by atoms with E-state index in [2.05, 4.69) is 5.32 Å². The molecule has 2 unspecified atom stereocenters. The summed E-state index contributed by atoms with van der Waals surface area (Å²) >= 11 is 1.87. The first kappa shape index (κ1) is 13.5. The number of amides is 2. The first-order chi connectivity index (χ1) is 8.66. The van der Waals surface area contributed by atoms with Gasteiger partial charge in [-0.05, 0) is 19.3 Å². The third kappa shape index (κ3) is 3.54. The number of carboxylic acids is 1. The normalized spacial score (nSPS) is 28.8.